The first kappa shape index (κ1) is 15.5. The zero-order chi connectivity index (χ0) is 15.4. The molecule has 2 aromatic rings. The van der Waals surface area contributed by atoms with E-state index in [2.05, 4.69) is 21.2 Å². The number of amides is 1. The van der Waals surface area contributed by atoms with Gasteiger partial charge in [-0.3, -0.25) is 4.79 Å². The van der Waals surface area contributed by atoms with Gasteiger partial charge in [-0.15, -0.1) is 0 Å². The van der Waals surface area contributed by atoms with Gasteiger partial charge in [0.15, 0.2) is 6.04 Å². The Morgan fingerprint density at radius 2 is 1.71 bits per heavy atom. The fourth-order valence-corrected chi connectivity index (χ4v) is 2.55. The number of aliphatic carboxylic acids is 1. The third-order valence-corrected chi connectivity index (χ3v) is 3.89. The zero-order valence-corrected chi connectivity index (χ0v) is 13.1. The van der Waals surface area contributed by atoms with Gasteiger partial charge >= 0.3 is 5.97 Å². The van der Waals surface area contributed by atoms with Crippen molar-refractivity contribution in [2.24, 2.45) is 0 Å². The van der Waals surface area contributed by atoms with Crippen molar-refractivity contribution in [2.45, 2.75) is 6.04 Å². The second-order valence-electron chi connectivity index (χ2n) is 4.25. The lowest BCUT2D eigenvalue weighted by Crippen LogP contribution is -2.34. The minimum absolute atomic E-state index is 0.289. The van der Waals surface area contributed by atoms with Crippen molar-refractivity contribution in [2.75, 3.05) is 0 Å². The van der Waals surface area contributed by atoms with Gasteiger partial charge in [-0.1, -0.05) is 41.9 Å². The van der Waals surface area contributed by atoms with Crippen LogP contribution in [0.15, 0.2) is 53.0 Å². The molecule has 0 fully saturated rings. The van der Waals surface area contributed by atoms with E-state index in [1.807, 2.05) is 0 Å². The topological polar surface area (TPSA) is 66.4 Å². The summed E-state index contributed by atoms with van der Waals surface area (Å²) in [5.74, 6) is -1.67. The van der Waals surface area contributed by atoms with Crippen molar-refractivity contribution >= 4 is 39.4 Å². The van der Waals surface area contributed by atoms with E-state index in [4.69, 9.17) is 11.6 Å². The van der Waals surface area contributed by atoms with E-state index >= 15 is 0 Å². The van der Waals surface area contributed by atoms with E-state index in [1.165, 1.54) is 0 Å². The molecule has 0 saturated heterocycles. The van der Waals surface area contributed by atoms with Crippen LogP contribution in [-0.2, 0) is 4.79 Å². The molecule has 2 N–H and O–H groups in total. The van der Waals surface area contributed by atoms with Crippen molar-refractivity contribution in [1.29, 1.82) is 0 Å². The van der Waals surface area contributed by atoms with Gasteiger partial charge < -0.3 is 10.4 Å². The van der Waals surface area contributed by atoms with Gasteiger partial charge in [0.05, 0.1) is 5.56 Å². The fraction of sp³-hybridized carbons (Fsp3) is 0.0667. The van der Waals surface area contributed by atoms with Gasteiger partial charge in [-0.25, -0.2) is 4.79 Å². The molecule has 0 aliphatic rings. The van der Waals surface area contributed by atoms with Crippen LogP contribution >= 0.6 is 27.5 Å². The lowest BCUT2D eigenvalue weighted by molar-refractivity contribution is -0.139. The lowest BCUT2D eigenvalue weighted by Gasteiger charge is -2.16. The summed E-state index contributed by atoms with van der Waals surface area (Å²) in [5.41, 5.74) is 0.697. The molecule has 0 aromatic heterocycles. The normalized spacial score (nSPS) is 11.7. The first-order valence-electron chi connectivity index (χ1n) is 6.03. The summed E-state index contributed by atoms with van der Waals surface area (Å²) in [7, 11) is 0. The molecular formula is C15H11BrClNO3. The van der Waals surface area contributed by atoms with Gasteiger partial charge in [0, 0.05) is 15.1 Å². The van der Waals surface area contributed by atoms with Gasteiger partial charge in [0.1, 0.15) is 0 Å². The number of nitrogens with one attached hydrogen (secondary N) is 1. The molecule has 21 heavy (non-hydrogen) atoms. The molecular weight excluding hydrogens is 358 g/mol. The minimum atomic E-state index is -1.21. The van der Waals surface area contributed by atoms with Crippen LogP contribution in [0.2, 0.25) is 5.02 Å². The fourth-order valence-electron chi connectivity index (χ4n) is 1.84. The predicted octanol–water partition coefficient (Wildman–Crippen LogP) is 3.66. The highest BCUT2D eigenvalue weighted by atomic mass is 79.9. The number of benzene rings is 2. The van der Waals surface area contributed by atoms with E-state index < -0.39 is 17.9 Å². The van der Waals surface area contributed by atoms with Crippen molar-refractivity contribution in [1.82, 2.24) is 5.32 Å². The molecule has 1 amide bonds. The molecule has 4 nitrogen and oxygen atoms in total. The molecule has 0 aliphatic heterocycles. The Bertz CT molecular complexity index is 690. The molecule has 6 heteroatoms. The number of carbonyl (C=O) groups excluding carboxylic acids is 1. The summed E-state index contributed by atoms with van der Waals surface area (Å²) < 4.78 is 0.589. The Labute approximate surface area is 134 Å². The SMILES string of the molecule is O=C(N[C@@H](C(=O)O)c1ccccc1Cl)c1ccccc1Br. The average molecular weight is 369 g/mol. The molecule has 0 saturated carbocycles. The summed E-state index contributed by atoms with van der Waals surface area (Å²) in [5, 5.41) is 12.1. The predicted molar refractivity (Wildman–Crippen MR) is 83.4 cm³/mol. The molecule has 0 unspecified atom stereocenters. The standard InChI is InChI=1S/C15H11BrClNO3/c16-11-7-3-1-5-9(11)14(19)18-13(15(20)21)10-6-2-4-8-12(10)17/h1-8,13H,(H,18,19)(H,20,21)/t13-/m1/s1. The summed E-state index contributed by atoms with van der Waals surface area (Å²) in [6.45, 7) is 0. The maximum atomic E-state index is 12.2. The number of rotatable bonds is 4. The molecule has 0 bridgehead atoms. The maximum Gasteiger partial charge on any atom is 0.330 e. The highest BCUT2D eigenvalue weighted by molar-refractivity contribution is 9.10. The second kappa shape index (κ2) is 6.74. The van der Waals surface area contributed by atoms with Gasteiger partial charge in [0.25, 0.3) is 5.91 Å². The van der Waals surface area contributed by atoms with Crippen molar-refractivity contribution in [3.8, 4) is 0 Å². The number of halogens is 2. The third kappa shape index (κ3) is 3.62. The maximum absolute atomic E-state index is 12.2. The molecule has 0 radical (unpaired) electrons. The Balaban J connectivity index is 2.30. The Kier molecular flexibility index (Phi) is 4.98. The van der Waals surface area contributed by atoms with Crippen LogP contribution in [0.5, 0.6) is 0 Å². The van der Waals surface area contributed by atoms with Crippen molar-refractivity contribution < 1.29 is 14.7 Å². The van der Waals surface area contributed by atoms with Crippen LogP contribution in [0.25, 0.3) is 0 Å². The Morgan fingerprint density at radius 3 is 2.33 bits per heavy atom. The quantitative estimate of drug-likeness (QED) is 0.865. The molecule has 2 rings (SSSR count). The van der Waals surface area contributed by atoms with Gasteiger partial charge in [0.2, 0.25) is 0 Å². The summed E-state index contributed by atoms with van der Waals surface area (Å²) in [6.07, 6.45) is 0. The van der Waals surface area contributed by atoms with Gasteiger partial charge in [-0.2, -0.15) is 0 Å². The van der Waals surface area contributed by atoms with Crippen molar-refractivity contribution in [3.63, 3.8) is 0 Å². The summed E-state index contributed by atoms with van der Waals surface area (Å²) in [6, 6.07) is 12.1. The van der Waals surface area contributed by atoms with E-state index in [1.54, 1.807) is 48.5 Å². The van der Waals surface area contributed by atoms with Crippen molar-refractivity contribution in [3.05, 3.63) is 69.2 Å². The molecule has 0 aliphatic carbocycles. The minimum Gasteiger partial charge on any atom is -0.479 e. The molecule has 0 heterocycles. The first-order chi connectivity index (χ1) is 10.0. The number of carboxylic acid groups (broad SMARTS) is 1. The Morgan fingerprint density at radius 1 is 1.10 bits per heavy atom. The van der Waals surface area contributed by atoms with Crippen LogP contribution in [0.1, 0.15) is 22.0 Å². The third-order valence-electron chi connectivity index (χ3n) is 2.86. The zero-order valence-electron chi connectivity index (χ0n) is 10.7. The number of hydrogen-bond acceptors (Lipinski definition) is 2. The average Bonchev–Trinajstić information content (AvgIpc) is 2.45. The van der Waals surface area contributed by atoms with Crippen LogP contribution in [0.4, 0.5) is 0 Å². The largest absolute Gasteiger partial charge is 0.479 e. The van der Waals surface area contributed by atoms with Crippen LogP contribution in [0.3, 0.4) is 0 Å². The van der Waals surface area contributed by atoms with E-state index in [-0.39, 0.29) is 5.02 Å². The number of carboxylic acids is 1. The van der Waals surface area contributed by atoms with Gasteiger partial charge in [-0.05, 0) is 34.1 Å². The number of hydrogen-bond donors (Lipinski definition) is 2. The number of carbonyl (C=O) groups is 2. The van der Waals surface area contributed by atoms with E-state index in [0.717, 1.165) is 0 Å². The summed E-state index contributed by atoms with van der Waals surface area (Å²) in [4.78, 5) is 23.6. The first-order valence-corrected chi connectivity index (χ1v) is 7.20. The lowest BCUT2D eigenvalue weighted by atomic mass is 10.1. The van der Waals surface area contributed by atoms with E-state index in [9.17, 15) is 14.7 Å². The monoisotopic (exact) mass is 367 g/mol. The highest BCUT2D eigenvalue weighted by Gasteiger charge is 2.25. The van der Waals surface area contributed by atoms with E-state index in [0.29, 0.717) is 15.6 Å². The van der Waals surface area contributed by atoms with Crippen LogP contribution in [-0.4, -0.2) is 17.0 Å². The highest BCUT2D eigenvalue weighted by Crippen LogP contribution is 2.24. The van der Waals surface area contributed by atoms with Crippen LogP contribution < -0.4 is 5.32 Å². The molecule has 1 atom stereocenters. The molecule has 108 valence electrons. The second-order valence-corrected chi connectivity index (χ2v) is 5.51. The summed E-state index contributed by atoms with van der Waals surface area (Å²) >= 11 is 9.26. The molecule has 2 aromatic carbocycles. The Hall–Kier alpha value is -1.85. The van der Waals surface area contributed by atoms with Crippen LogP contribution in [0, 0.1) is 0 Å². The smallest absolute Gasteiger partial charge is 0.330 e. The molecule has 0 spiro atoms.